The van der Waals surface area contributed by atoms with Crippen molar-refractivity contribution in [1.29, 1.82) is 0 Å². The van der Waals surface area contributed by atoms with E-state index in [1.165, 1.54) is 4.31 Å². The highest BCUT2D eigenvalue weighted by Gasteiger charge is 2.36. The molecule has 1 atom stereocenters. The van der Waals surface area contributed by atoms with Gasteiger partial charge in [-0.15, -0.1) is 0 Å². The van der Waals surface area contributed by atoms with Crippen LogP contribution < -0.4 is 4.31 Å². The first-order valence-corrected chi connectivity index (χ1v) is 12.3. The third-order valence-electron chi connectivity index (χ3n) is 6.29. The fourth-order valence-corrected chi connectivity index (χ4v) is 6.70. The largest absolute Gasteiger partial charge is 0.333 e. The van der Waals surface area contributed by atoms with Crippen LogP contribution >= 0.6 is 0 Å². The lowest BCUT2D eigenvalue weighted by Gasteiger charge is -2.33. The van der Waals surface area contributed by atoms with Gasteiger partial charge in [0.2, 0.25) is 0 Å². The van der Waals surface area contributed by atoms with Gasteiger partial charge in [-0.25, -0.2) is 8.42 Å². The highest BCUT2D eigenvalue weighted by Crippen LogP contribution is 2.36. The zero-order valence-corrected chi connectivity index (χ0v) is 18.7. The third-order valence-corrected chi connectivity index (χ3v) is 8.22. The van der Waals surface area contributed by atoms with Gasteiger partial charge in [0.25, 0.3) is 15.9 Å². The number of fused-ring (bicyclic) bond motifs is 1. The summed E-state index contributed by atoms with van der Waals surface area (Å²) >= 11 is 0. The molecule has 1 unspecified atom stereocenters. The van der Waals surface area contributed by atoms with Crippen molar-refractivity contribution >= 4 is 21.6 Å². The molecule has 0 radical (unpaired) electrons. The Morgan fingerprint density at radius 2 is 1.77 bits per heavy atom. The van der Waals surface area contributed by atoms with Crippen LogP contribution in [0.5, 0.6) is 0 Å². The standard InChI is InChI=1S/C24H30N2O3S/c1-17(2)25(21-11-5-6-12-21)24(27)20-10-8-13-22(16-20)30(28,29)26-18(3)15-19-9-4-7-14-23(19)26/h4,7-10,13-14,16-18,21H,5-6,11-12,15H2,1-3H3. The summed E-state index contributed by atoms with van der Waals surface area (Å²) in [5.41, 5.74) is 2.21. The number of benzene rings is 2. The van der Waals surface area contributed by atoms with Crippen LogP contribution in [-0.4, -0.2) is 37.4 Å². The van der Waals surface area contributed by atoms with E-state index in [0.29, 0.717) is 12.0 Å². The molecule has 30 heavy (non-hydrogen) atoms. The zero-order chi connectivity index (χ0) is 21.5. The Morgan fingerprint density at radius 1 is 1.07 bits per heavy atom. The number of anilines is 1. The summed E-state index contributed by atoms with van der Waals surface area (Å²) in [6.07, 6.45) is 5.01. The lowest BCUT2D eigenvalue weighted by molar-refractivity contribution is 0.0613. The summed E-state index contributed by atoms with van der Waals surface area (Å²) in [5.74, 6) is -0.0798. The van der Waals surface area contributed by atoms with Gasteiger partial charge in [0, 0.05) is 23.7 Å². The highest BCUT2D eigenvalue weighted by molar-refractivity contribution is 7.92. The van der Waals surface area contributed by atoms with Gasteiger partial charge in [-0.3, -0.25) is 9.10 Å². The van der Waals surface area contributed by atoms with Crippen molar-refractivity contribution in [1.82, 2.24) is 4.90 Å². The maximum Gasteiger partial charge on any atom is 0.264 e. The van der Waals surface area contributed by atoms with Crippen LogP contribution in [0.3, 0.4) is 0 Å². The number of sulfonamides is 1. The quantitative estimate of drug-likeness (QED) is 0.701. The number of carbonyl (C=O) groups is 1. The topological polar surface area (TPSA) is 57.7 Å². The summed E-state index contributed by atoms with van der Waals surface area (Å²) in [6, 6.07) is 14.3. The van der Waals surface area contributed by atoms with E-state index >= 15 is 0 Å². The van der Waals surface area contributed by atoms with E-state index in [2.05, 4.69) is 0 Å². The van der Waals surface area contributed by atoms with E-state index in [0.717, 1.165) is 36.9 Å². The lowest BCUT2D eigenvalue weighted by atomic mass is 10.1. The molecule has 0 aromatic heterocycles. The first kappa shape index (κ1) is 20.9. The van der Waals surface area contributed by atoms with E-state index in [4.69, 9.17) is 0 Å². The molecule has 1 fully saturated rings. The second-order valence-electron chi connectivity index (χ2n) is 8.76. The molecule has 6 heteroatoms. The number of hydrogen-bond acceptors (Lipinski definition) is 3. The molecule has 1 heterocycles. The molecule has 0 N–H and O–H groups in total. The minimum atomic E-state index is -3.76. The highest BCUT2D eigenvalue weighted by atomic mass is 32.2. The average molecular weight is 427 g/mol. The Balaban J connectivity index is 1.68. The summed E-state index contributed by atoms with van der Waals surface area (Å²) in [6.45, 7) is 5.98. The molecule has 2 aromatic carbocycles. The molecule has 0 spiro atoms. The minimum absolute atomic E-state index is 0.0753. The van der Waals surface area contributed by atoms with Crippen molar-refractivity contribution in [3.8, 4) is 0 Å². The molecule has 2 aromatic rings. The van der Waals surface area contributed by atoms with Gasteiger partial charge >= 0.3 is 0 Å². The van der Waals surface area contributed by atoms with E-state index in [1.807, 2.05) is 49.9 Å². The smallest absolute Gasteiger partial charge is 0.264 e. The molecule has 2 aliphatic rings. The minimum Gasteiger partial charge on any atom is -0.333 e. The van der Waals surface area contributed by atoms with E-state index in [-0.39, 0.29) is 28.9 Å². The van der Waals surface area contributed by atoms with Gasteiger partial charge in [-0.2, -0.15) is 0 Å². The average Bonchev–Trinajstić information content (AvgIpc) is 3.35. The van der Waals surface area contributed by atoms with Crippen molar-refractivity contribution in [3.05, 3.63) is 59.7 Å². The summed E-state index contributed by atoms with van der Waals surface area (Å²) in [5, 5.41) is 0. The molecule has 5 nitrogen and oxygen atoms in total. The zero-order valence-electron chi connectivity index (χ0n) is 17.9. The molecule has 1 amide bonds. The van der Waals surface area contributed by atoms with Crippen LogP contribution in [-0.2, 0) is 16.4 Å². The van der Waals surface area contributed by atoms with Crippen molar-refractivity contribution in [2.75, 3.05) is 4.31 Å². The molecule has 1 saturated carbocycles. The Kier molecular flexibility index (Phi) is 5.62. The van der Waals surface area contributed by atoms with Crippen LogP contribution in [0.1, 0.15) is 62.4 Å². The number of para-hydroxylation sites is 1. The predicted molar refractivity (Wildman–Crippen MR) is 119 cm³/mol. The lowest BCUT2D eigenvalue weighted by Crippen LogP contribution is -2.43. The monoisotopic (exact) mass is 426 g/mol. The molecular formula is C24H30N2O3S. The Bertz CT molecular complexity index is 1040. The Hall–Kier alpha value is -2.34. The SMILES string of the molecule is CC(C)N(C(=O)c1cccc(S(=O)(=O)N2c3ccccc3CC2C)c1)C1CCCC1. The van der Waals surface area contributed by atoms with Crippen molar-refractivity contribution in [2.24, 2.45) is 0 Å². The molecule has 1 aliphatic heterocycles. The normalized spacial score (nSPS) is 19.3. The number of carbonyl (C=O) groups excluding carboxylic acids is 1. The van der Waals surface area contributed by atoms with Crippen LogP contribution in [0.25, 0.3) is 0 Å². The van der Waals surface area contributed by atoms with Gasteiger partial charge in [-0.05, 0) is 69.9 Å². The molecular weight excluding hydrogens is 396 g/mol. The van der Waals surface area contributed by atoms with Crippen molar-refractivity contribution < 1.29 is 13.2 Å². The molecule has 160 valence electrons. The first-order valence-electron chi connectivity index (χ1n) is 10.9. The molecule has 4 rings (SSSR count). The van der Waals surface area contributed by atoms with Gasteiger partial charge < -0.3 is 4.90 Å². The van der Waals surface area contributed by atoms with Crippen molar-refractivity contribution in [2.45, 2.75) is 75.9 Å². The second-order valence-corrected chi connectivity index (χ2v) is 10.6. The van der Waals surface area contributed by atoms with Crippen LogP contribution in [0, 0.1) is 0 Å². The van der Waals surface area contributed by atoms with Gasteiger partial charge in [0.15, 0.2) is 0 Å². The number of amides is 1. The third kappa shape index (κ3) is 3.62. The molecule has 0 saturated heterocycles. The van der Waals surface area contributed by atoms with Crippen LogP contribution in [0.15, 0.2) is 53.4 Å². The number of nitrogens with zero attached hydrogens (tertiary/aromatic N) is 2. The van der Waals surface area contributed by atoms with Gasteiger partial charge in [0.05, 0.1) is 10.6 Å². The summed E-state index contributed by atoms with van der Waals surface area (Å²) in [7, 11) is -3.76. The molecule has 0 bridgehead atoms. The maximum atomic E-state index is 13.5. The van der Waals surface area contributed by atoms with E-state index < -0.39 is 10.0 Å². The maximum absolute atomic E-state index is 13.5. The van der Waals surface area contributed by atoms with Gasteiger partial charge in [0.1, 0.15) is 0 Å². The van der Waals surface area contributed by atoms with Crippen LogP contribution in [0.4, 0.5) is 5.69 Å². The summed E-state index contributed by atoms with van der Waals surface area (Å²) < 4.78 is 28.6. The number of hydrogen-bond donors (Lipinski definition) is 0. The van der Waals surface area contributed by atoms with E-state index in [9.17, 15) is 13.2 Å². The first-order chi connectivity index (χ1) is 14.3. The molecule has 1 aliphatic carbocycles. The Labute approximate surface area is 179 Å². The van der Waals surface area contributed by atoms with Gasteiger partial charge in [-0.1, -0.05) is 37.1 Å². The number of rotatable bonds is 5. The van der Waals surface area contributed by atoms with E-state index in [1.54, 1.807) is 24.3 Å². The predicted octanol–water partition coefficient (Wildman–Crippen LogP) is 4.62. The fraction of sp³-hybridized carbons (Fsp3) is 0.458. The fourth-order valence-electron chi connectivity index (χ4n) is 4.96. The second kappa shape index (κ2) is 8.06. The van der Waals surface area contributed by atoms with Crippen molar-refractivity contribution in [3.63, 3.8) is 0 Å². The Morgan fingerprint density at radius 3 is 2.47 bits per heavy atom. The van der Waals surface area contributed by atoms with Crippen LogP contribution in [0.2, 0.25) is 0 Å². The summed E-state index contributed by atoms with van der Waals surface area (Å²) in [4.78, 5) is 15.5.